The molecule has 7 nitrogen and oxygen atoms in total. The first-order valence-corrected chi connectivity index (χ1v) is 11.1. The molecule has 2 amide bonds. The summed E-state index contributed by atoms with van der Waals surface area (Å²) in [6.45, 7) is 6.69. The number of morpholine rings is 1. The minimum atomic E-state index is -0.0819. The molecule has 2 N–H and O–H groups in total. The molecule has 30 heavy (non-hydrogen) atoms. The third-order valence-corrected chi connectivity index (χ3v) is 5.55. The number of amides is 2. The number of quaternary nitrogens is 1. The van der Waals surface area contributed by atoms with E-state index in [1.807, 2.05) is 36.2 Å². The van der Waals surface area contributed by atoms with Crippen molar-refractivity contribution in [1.82, 2.24) is 4.90 Å². The van der Waals surface area contributed by atoms with Crippen LogP contribution in [-0.2, 0) is 14.3 Å². The van der Waals surface area contributed by atoms with Crippen LogP contribution in [0.3, 0.4) is 0 Å². The lowest BCUT2D eigenvalue weighted by molar-refractivity contribution is -0.862. The average Bonchev–Trinajstić information content (AvgIpc) is 3.27. The minimum Gasteiger partial charge on any atom is -0.378 e. The smallest absolute Gasteiger partial charge is 0.281 e. The van der Waals surface area contributed by atoms with E-state index in [4.69, 9.17) is 4.74 Å². The predicted molar refractivity (Wildman–Crippen MR) is 119 cm³/mol. The van der Waals surface area contributed by atoms with E-state index in [2.05, 4.69) is 23.2 Å². The van der Waals surface area contributed by atoms with E-state index in [1.54, 1.807) is 0 Å². The summed E-state index contributed by atoms with van der Waals surface area (Å²) >= 11 is 0. The Morgan fingerprint density at radius 1 is 1.17 bits per heavy atom. The molecule has 1 aromatic carbocycles. The van der Waals surface area contributed by atoms with E-state index in [0.29, 0.717) is 6.54 Å². The van der Waals surface area contributed by atoms with Gasteiger partial charge in [-0.1, -0.05) is 13.0 Å². The first kappa shape index (κ1) is 22.3. The van der Waals surface area contributed by atoms with E-state index in [0.717, 1.165) is 80.5 Å². The van der Waals surface area contributed by atoms with Gasteiger partial charge in [0.1, 0.15) is 0 Å². The van der Waals surface area contributed by atoms with Crippen LogP contribution in [0.5, 0.6) is 0 Å². The van der Waals surface area contributed by atoms with Gasteiger partial charge in [-0.3, -0.25) is 9.59 Å². The van der Waals surface area contributed by atoms with Crippen molar-refractivity contribution < 1.29 is 19.2 Å². The molecule has 0 aromatic heterocycles. The summed E-state index contributed by atoms with van der Waals surface area (Å²) in [5, 5.41) is 2.95. The van der Waals surface area contributed by atoms with Crippen molar-refractivity contribution in [3.63, 3.8) is 0 Å². The summed E-state index contributed by atoms with van der Waals surface area (Å²) in [5.41, 5.74) is 3.07. The summed E-state index contributed by atoms with van der Waals surface area (Å²) in [7, 11) is 1.90. The van der Waals surface area contributed by atoms with Gasteiger partial charge in [-0.15, -0.1) is 0 Å². The number of anilines is 2. The van der Waals surface area contributed by atoms with Crippen molar-refractivity contribution in [1.29, 1.82) is 0 Å². The molecule has 1 aliphatic carbocycles. The summed E-state index contributed by atoms with van der Waals surface area (Å²) in [5.74, 6) is 0.0201. The number of carbonyl (C=O) groups excluding carboxylic acids is 2. The highest BCUT2D eigenvalue weighted by Crippen LogP contribution is 2.21. The molecule has 1 unspecified atom stereocenters. The zero-order valence-corrected chi connectivity index (χ0v) is 18.3. The number of carbonyl (C=O) groups is 2. The molecule has 2 aliphatic rings. The number of hydrogen-bond donors (Lipinski definition) is 2. The molecule has 1 saturated heterocycles. The maximum absolute atomic E-state index is 12.8. The number of hydrogen-bond acceptors (Lipinski definition) is 4. The molecule has 1 aromatic rings. The zero-order valence-electron chi connectivity index (χ0n) is 18.3. The van der Waals surface area contributed by atoms with Gasteiger partial charge in [0.15, 0.2) is 13.1 Å². The molecule has 0 radical (unpaired) electrons. The van der Waals surface area contributed by atoms with E-state index in [-0.39, 0.29) is 18.4 Å². The van der Waals surface area contributed by atoms with Crippen molar-refractivity contribution in [2.45, 2.75) is 32.6 Å². The quantitative estimate of drug-likeness (QED) is 0.638. The Bertz CT molecular complexity index is 741. The van der Waals surface area contributed by atoms with E-state index >= 15 is 0 Å². The van der Waals surface area contributed by atoms with Gasteiger partial charge in [0.05, 0.1) is 20.3 Å². The monoisotopic (exact) mass is 415 g/mol. The van der Waals surface area contributed by atoms with Crippen molar-refractivity contribution >= 4 is 23.2 Å². The van der Waals surface area contributed by atoms with Crippen molar-refractivity contribution in [3.8, 4) is 0 Å². The van der Waals surface area contributed by atoms with E-state index < -0.39 is 0 Å². The molecule has 0 saturated carbocycles. The molecule has 7 heteroatoms. The minimum absolute atomic E-state index is 0.0819. The molecule has 164 valence electrons. The third-order valence-electron chi connectivity index (χ3n) is 5.55. The highest BCUT2D eigenvalue weighted by molar-refractivity contribution is 5.91. The van der Waals surface area contributed by atoms with Crippen molar-refractivity contribution in [2.75, 3.05) is 63.2 Å². The molecular formula is C23H35N4O3+. The number of benzene rings is 1. The lowest BCUT2D eigenvalue weighted by atomic mass is 10.2. The average molecular weight is 416 g/mol. The van der Waals surface area contributed by atoms with Crippen LogP contribution in [-0.4, -0.2) is 69.7 Å². The predicted octanol–water partition coefficient (Wildman–Crippen LogP) is 1.28. The SMILES string of the molecule is CCCN(C(=O)C[NH+](C)CC(=O)Nc1ccc(N2CCOCC2)cc1)C1=CCCC1. The number of ether oxygens (including phenoxy) is 1. The Morgan fingerprint density at radius 2 is 1.90 bits per heavy atom. The fourth-order valence-corrected chi connectivity index (χ4v) is 4.02. The summed E-state index contributed by atoms with van der Waals surface area (Å²) in [6, 6.07) is 7.91. The van der Waals surface area contributed by atoms with Crippen molar-refractivity contribution in [3.05, 3.63) is 36.0 Å². The van der Waals surface area contributed by atoms with Crippen LogP contribution in [0.25, 0.3) is 0 Å². The second-order valence-corrected chi connectivity index (χ2v) is 8.14. The molecule has 0 bridgehead atoms. The number of nitrogens with one attached hydrogen (secondary N) is 2. The normalized spacial score (nSPS) is 17.4. The van der Waals surface area contributed by atoms with Crippen LogP contribution < -0.4 is 15.1 Å². The lowest BCUT2D eigenvalue weighted by Gasteiger charge is -2.28. The summed E-state index contributed by atoms with van der Waals surface area (Å²) in [6.07, 6.45) is 6.27. The second-order valence-electron chi connectivity index (χ2n) is 8.14. The van der Waals surface area contributed by atoms with Crippen LogP contribution in [0.1, 0.15) is 32.6 Å². The van der Waals surface area contributed by atoms with Crippen molar-refractivity contribution in [2.24, 2.45) is 0 Å². The van der Waals surface area contributed by atoms with Gasteiger partial charge in [-0.25, -0.2) is 0 Å². The van der Waals surface area contributed by atoms with Crippen LogP contribution >= 0.6 is 0 Å². The Kier molecular flexibility index (Phi) is 8.28. The van der Waals surface area contributed by atoms with Crippen LogP contribution in [0.15, 0.2) is 36.0 Å². The molecule has 1 atom stereocenters. The van der Waals surface area contributed by atoms with Gasteiger partial charge in [-0.05, 0) is 49.9 Å². The Hall–Kier alpha value is -2.38. The lowest BCUT2D eigenvalue weighted by Crippen LogP contribution is -3.11. The fourth-order valence-electron chi connectivity index (χ4n) is 4.02. The number of rotatable bonds is 9. The Balaban J connectivity index is 1.47. The maximum atomic E-state index is 12.8. The second kappa shape index (κ2) is 11.1. The molecule has 1 aliphatic heterocycles. The van der Waals surface area contributed by atoms with Gasteiger partial charge in [-0.2, -0.15) is 0 Å². The largest absolute Gasteiger partial charge is 0.378 e. The van der Waals surface area contributed by atoms with Crippen LogP contribution in [0.4, 0.5) is 11.4 Å². The molecule has 3 rings (SSSR count). The zero-order chi connectivity index (χ0) is 21.3. The first-order valence-electron chi connectivity index (χ1n) is 11.1. The van der Waals surface area contributed by atoms with Gasteiger partial charge in [0.25, 0.3) is 11.8 Å². The number of likely N-dealkylation sites (N-methyl/N-ethyl adjacent to an activating group) is 1. The van der Waals surface area contributed by atoms with E-state index in [9.17, 15) is 9.59 Å². The molecule has 0 spiro atoms. The van der Waals surface area contributed by atoms with Gasteiger partial charge < -0.3 is 24.8 Å². The van der Waals surface area contributed by atoms with Gasteiger partial charge in [0, 0.05) is 36.7 Å². The van der Waals surface area contributed by atoms with Crippen LogP contribution in [0, 0.1) is 0 Å². The summed E-state index contributed by atoms with van der Waals surface area (Å²) in [4.78, 5) is 30.3. The van der Waals surface area contributed by atoms with Gasteiger partial charge >= 0.3 is 0 Å². The number of allylic oxidation sites excluding steroid dienone is 2. The molecular weight excluding hydrogens is 380 g/mol. The molecule has 1 heterocycles. The Labute approximate surface area is 179 Å². The maximum Gasteiger partial charge on any atom is 0.281 e. The van der Waals surface area contributed by atoms with E-state index in [1.165, 1.54) is 0 Å². The first-order chi connectivity index (χ1) is 14.6. The standard InChI is InChI=1S/C23H34N4O3/c1-3-12-27(21-6-4-5-7-21)23(29)18-25(2)17-22(28)24-19-8-10-20(11-9-19)26-13-15-30-16-14-26/h6,8-11H,3-5,7,12-18H2,1-2H3,(H,24,28)/p+1. The Morgan fingerprint density at radius 3 is 2.53 bits per heavy atom. The third kappa shape index (κ3) is 6.31. The highest BCUT2D eigenvalue weighted by Gasteiger charge is 2.23. The topological polar surface area (TPSA) is 66.3 Å². The fraction of sp³-hybridized carbons (Fsp3) is 0.565. The summed E-state index contributed by atoms with van der Waals surface area (Å²) < 4.78 is 5.39. The highest BCUT2D eigenvalue weighted by atomic mass is 16.5. The van der Waals surface area contributed by atoms with Gasteiger partial charge in [0.2, 0.25) is 0 Å². The number of nitrogens with zero attached hydrogens (tertiary/aromatic N) is 2. The molecule has 1 fully saturated rings. The van der Waals surface area contributed by atoms with Crippen LogP contribution in [0.2, 0.25) is 0 Å².